The first kappa shape index (κ1) is 41.5. The van der Waals surface area contributed by atoms with Crippen LogP contribution in [0.15, 0.2) is 66.7 Å². The number of aliphatic hydroxyl groups is 2. The maximum Gasteiger partial charge on any atom is 0.242 e. The van der Waals surface area contributed by atoms with E-state index in [1.165, 1.54) is 0 Å². The zero-order valence-corrected chi connectivity index (χ0v) is 31.7. The third kappa shape index (κ3) is 13.6. The van der Waals surface area contributed by atoms with Gasteiger partial charge in [-0.05, 0) is 74.3 Å². The van der Waals surface area contributed by atoms with Crippen molar-refractivity contribution < 1.29 is 24.6 Å². The van der Waals surface area contributed by atoms with Crippen LogP contribution in [0.2, 0.25) is 0 Å². The summed E-state index contributed by atoms with van der Waals surface area (Å²) in [6, 6.07) is 20.4. The molecule has 0 aliphatic carbocycles. The van der Waals surface area contributed by atoms with Gasteiger partial charge in [0.1, 0.15) is 12.1 Å². The Labute approximate surface area is 305 Å². The molecule has 0 aromatic heterocycles. The Bertz CT molecular complexity index is 1530. The summed E-state index contributed by atoms with van der Waals surface area (Å²) in [6.45, 7) is 14.0. The van der Waals surface area contributed by atoms with Gasteiger partial charge >= 0.3 is 0 Å². The van der Waals surface area contributed by atoms with E-state index in [9.17, 15) is 24.6 Å². The lowest BCUT2D eigenvalue weighted by atomic mass is 9.88. The van der Waals surface area contributed by atoms with Crippen LogP contribution in [0.25, 0.3) is 10.8 Å². The number of hydrogen-bond donors (Lipinski definition) is 6. The number of aliphatic hydroxyl groups excluding tert-OH is 2. The topological polar surface area (TPSA) is 140 Å². The zero-order chi connectivity index (χ0) is 37.5. The number of rotatable bonds is 21. The lowest BCUT2D eigenvalue weighted by molar-refractivity contribution is -0.131. The van der Waals surface area contributed by atoms with E-state index in [1.54, 1.807) is 13.8 Å². The van der Waals surface area contributed by atoms with Crippen molar-refractivity contribution in [3.63, 3.8) is 0 Å². The number of carbonyl (C=O) groups excluding carboxylic acids is 3. The molecule has 6 atom stereocenters. The highest BCUT2D eigenvalue weighted by Crippen LogP contribution is 2.30. The Morgan fingerprint density at radius 1 is 0.725 bits per heavy atom. The number of fused-ring (bicyclic) bond motifs is 1. The number of carbonyl (C=O) groups is 3. The third-order valence-corrected chi connectivity index (χ3v) is 9.21. The average Bonchev–Trinajstić information content (AvgIpc) is 3.09. The molecule has 9 nitrogen and oxygen atoms in total. The van der Waals surface area contributed by atoms with Crippen LogP contribution in [0.4, 0.5) is 5.69 Å². The molecule has 3 unspecified atom stereocenters. The normalized spacial score (nSPS) is 15.1. The molecular formula is C42H62N4O5. The molecule has 0 saturated heterocycles. The molecule has 3 aromatic carbocycles. The second kappa shape index (κ2) is 20.8. The largest absolute Gasteiger partial charge is 0.393 e. The van der Waals surface area contributed by atoms with E-state index in [0.29, 0.717) is 25.8 Å². The molecule has 0 saturated carbocycles. The van der Waals surface area contributed by atoms with Crippen LogP contribution < -0.4 is 21.3 Å². The zero-order valence-electron chi connectivity index (χ0n) is 31.7. The summed E-state index contributed by atoms with van der Waals surface area (Å²) < 4.78 is 0. The van der Waals surface area contributed by atoms with Gasteiger partial charge in [-0.2, -0.15) is 0 Å². The first-order valence-corrected chi connectivity index (χ1v) is 18.8. The van der Waals surface area contributed by atoms with Crippen LogP contribution in [0.3, 0.4) is 0 Å². The summed E-state index contributed by atoms with van der Waals surface area (Å²) in [7, 11) is 0. The second-order valence-corrected chi connectivity index (χ2v) is 15.0. The van der Waals surface area contributed by atoms with Crippen LogP contribution in [0.5, 0.6) is 0 Å². The van der Waals surface area contributed by atoms with E-state index in [4.69, 9.17) is 0 Å². The maximum atomic E-state index is 13.9. The van der Waals surface area contributed by atoms with E-state index < -0.39 is 36.3 Å². The van der Waals surface area contributed by atoms with Crippen LogP contribution in [0, 0.1) is 17.8 Å². The molecule has 51 heavy (non-hydrogen) atoms. The molecule has 0 aliphatic heterocycles. The van der Waals surface area contributed by atoms with Gasteiger partial charge < -0.3 is 31.5 Å². The summed E-state index contributed by atoms with van der Waals surface area (Å²) in [6.07, 6.45) is 1.75. The van der Waals surface area contributed by atoms with E-state index in [1.807, 2.05) is 71.0 Å². The molecule has 0 aliphatic rings. The Kier molecular flexibility index (Phi) is 16.9. The van der Waals surface area contributed by atoms with Crippen LogP contribution in [-0.4, -0.2) is 64.8 Å². The molecule has 3 amide bonds. The number of amides is 3. The van der Waals surface area contributed by atoms with Gasteiger partial charge in [-0.15, -0.1) is 0 Å². The number of anilines is 1. The van der Waals surface area contributed by atoms with Gasteiger partial charge in [-0.1, -0.05) is 114 Å². The van der Waals surface area contributed by atoms with Gasteiger partial charge in [0, 0.05) is 23.5 Å². The predicted molar refractivity (Wildman–Crippen MR) is 207 cm³/mol. The van der Waals surface area contributed by atoms with Gasteiger partial charge in [0.2, 0.25) is 17.7 Å². The molecule has 0 fully saturated rings. The van der Waals surface area contributed by atoms with Crippen molar-refractivity contribution in [3.8, 4) is 0 Å². The SMILES string of the molecule is CCCC[C@H](NC(=O)C(C)Nc1c(Cc2ccccc2)ccc2ccccc12)C(=O)N[C@@H](CC(C)C)[C@@H](O)CC(CC(C)O)C(=O)NCC(C)C. The van der Waals surface area contributed by atoms with E-state index >= 15 is 0 Å². The van der Waals surface area contributed by atoms with Gasteiger partial charge in [-0.25, -0.2) is 0 Å². The van der Waals surface area contributed by atoms with E-state index in [-0.39, 0.29) is 42.4 Å². The summed E-state index contributed by atoms with van der Waals surface area (Å²) >= 11 is 0. The predicted octanol–water partition coefficient (Wildman–Crippen LogP) is 6.35. The standard InChI is InChI=1S/C42H62N4O5/c1-8-9-19-36(42(51)46-37(22-27(2)3)38(48)25-34(23-29(6)47)41(50)43-26-28(4)5)45-40(49)30(7)44-39-33(24-31-15-11-10-12-16-31)21-20-32-17-13-14-18-35(32)39/h10-18,20-21,27-30,34,36-38,44,47-48H,8-9,19,22-26H2,1-7H3,(H,43,50)(H,45,49)(H,46,51)/t29?,30?,34?,36-,37-,38-/m0/s1. The molecule has 3 rings (SSSR count). The summed E-state index contributed by atoms with van der Waals surface area (Å²) in [5, 5.41) is 36.1. The highest BCUT2D eigenvalue weighted by atomic mass is 16.3. The minimum Gasteiger partial charge on any atom is -0.393 e. The lowest BCUT2D eigenvalue weighted by Gasteiger charge is -2.31. The second-order valence-electron chi connectivity index (χ2n) is 15.0. The van der Waals surface area contributed by atoms with Crippen molar-refractivity contribution in [3.05, 3.63) is 77.9 Å². The number of hydrogen-bond acceptors (Lipinski definition) is 6. The van der Waals surface area contributed by atoms with Gasteiger partial charge in [-0.3, -0.25) is 14.4 Å². The van der Waals surface area contributed by atoms with Crippen molar-refractivity contribution in [2.45, 2.75) is 124 Å². The average molecular weight is 703 g/mol. The number of benzene rings is 3. The fourth-order valence-electron chi connectivity index (χ4n) is 6.44. The van der Waals surface area contributed by atoms with Gasteiger partial charge in [0.05, 0.1) is 18.2 Å². The van der Waals surface area contributed by atoms with Crippen molar-refractivity contribution in [1.29, 1.82) is 0 Å². The molecule has 6 N–H and O–H groups in total. The van der Waals surface area contributed by atoms with Gasteiger partial charge in [0.25, 0.3) is 0 Å². The van der Waals surface area contributed by atoms with Crippen LogP contribution in [0.1, 0.15) is 98.1 Å². The first-order valence-electron chi connectivity index (χ1n) is 18.8. The van der Waals surface area contributed by atoms with E-state index in [2.05, 4.69) is 51.6 Å². The Hall–Kier alpha value is -3.95. The van der Waals surface area contributed by atoms with Crippen LogP contribution in [-0.2, 0) is 20.8 Å². The molecule has 3 aromatic rings. The number of nitrogens with one attached hydrogen (secondary N) is 4. The fraction of sp³-hybridized carbons (Fsp3) is 0.548. The molecule has 0 spiro atoms. The summed E-state index contributed by atoms with van der Waals surface area (Å²) in [5.41, 5.74) is 3.12. The lowest BCUT2D eigenvalue weighted by Crippen LogP contribution is -2.55. The van der Waals surface area contributed by atoms with Crippen molar-refractivity contribution in [2.75, 3.05) is 11.9 Å². The molecule has 9 heteroatoms. The summed E-state index contributed by atoms with van der Waals surface area (Å²) in [4.78, 5) is 40.7. The quantitative estimate of drug-likeness (QED) is 0.0766. The highest BCUT2D eigenvalue weighted by molar-refractivity contribution is 5.98. The molecule has 0 bridgehead atoms. The molecule has 0 heterocycles. The molecule has 280 valence electrons. The maximum absolute atomic E-state index is 13.9. The number of unbranched alkanes of at least 4 members (excludes halogenated alkanes) is 1. The first-order chi connectivity index (χ1) is 24.3. The van der Waals surface area contributed by atoms with Crippen molar-refractivity contribution in [1.82, 2.24) is 16.0 Å². The van der Waals surface area contributed by atoms with Gasteiger partial charge in [0.15, 0.2) is 0 Å². The fourth-order valence-corrected chi connectivity index (χ4v) is 6.44. The van der Waals surface area contributed by atoms with Crippen LogP contribution >= 0.6 is 0 Å². The molecule has 0 radical (unpaired) electrons. The Morgan fingerprint density at radius 3 is 2.06 bits per heavy atom. The minimum atomic E-state index is -1.03. The molecular weight excluding hydrogens is 640 g/mol. The Balaban J connectivity index is 1.78. The minimum absolute atomic E-state index is 0.0930. The Morgan fingerprint density at radius 2 is 1.41 bits per heavy atom. The third-order valence-electron chi connectivity index (χ3n) is 9.21. The van der Waals surface area contributed by atoms with E-state index in [0.717, 1.165) is 40.4 Å². The van der Waals surface area contributed by atoms with Crippen molar-refractivity contribution >= 4 is 34.2 Å². The van der Waals surface area contributed by atoms with Crippen molar-refractivity contribution in [2.24, 2.45) is 17.8 Å². The summed E-state index contributed by atoms with van der Waals surface area (Å²) in [5.74, 6) is -1.09. The smallest absolute Gasteiger partial charge is 0.242 e. The highest BCUT2D eigenvalue weighted by Gasteiger charge is 2.32. The monoisotopic (exact) mass is 702 g/mol.